The third-order valence-electron chi connectivity index (χ3n) is 4.95. The first-order valence-corrected chi connectivity index (χ1v) is 11.8. The topological polar surface area (TPSA) is 81.4 Å². The highest BCUT2D eigenvalue weighted by molar-refractivity contribution is 9.10. The molecule has 0 saturated carbocycles. The van der Waals surface area contributed by atoms with E-state index in [4.69, 9.17) is 4.74 Å². The maximum atomic E-state index is 14.4. The second-order valence-electron chi connectivity index (χ2n) is 6.93. The summed E-state index contributed by atoms with van der Waals surface area (Å²) in [4.78, 5) is 4.30. The summed E-state index contributed by atoms with van der Waals surface area (Å²) in [6, 6.07) is 12.3. The first kappa shape index (κ1) is 21.3. The molecule has 0 aliphatic carbocycles. The molecule has 1 N–H and O–H groups in total. The van der Waals surface area contributed by atoms with Gasteiger partial charge in [0.1, 0.15) is 5.75 Å². The maximum absolute atomic E-state index is 14.4. The second kappa shape index (κ2) is 7.97. The van der Waals surface area contributed by atoms with Gasteiger partial charge >= 0.3 is 0 Å². The quantitative estimate of drug-likeness (QED) is 0.353. The molecule has 0 aromatic heterocycles. The van der Waals surface area contributed by atoms with Crippen molar-refractivity contribution in [2.24, 2.45) is 0 Å². The van der Waals surface area contributed by atoms with Gasteiger partial charge in [-0.3, -0.25) is 0 Å². The Labute approximate surface area is 187 Å². The van der Waals surface area contributed by atoms with Crippen molar-refractivity contribution in [3.8, 4) is 34.0 Å². The first-order valence-electron chi connectivity index (χ1n) is 9.37. The molecule has 6 nitrogen and oxygen atoms in total. The molecule has 4 rings (SSSR count). The van der Waals surface area contributed by atoms with Crippen LogP contribution in [0.5, 0.6) is 11.5 Å². The Kier molecular flexibility index (Phi) is 5.49. The van der Waals surface area contributed by atoms with Crippen molar-refractivity contribution in [3.05, 3.63) is 70.7 Å². The first-order chi connectivity index (χ1) is 14.7. The standard InChI is InChI=1S/C22H18BrFN2O4S/c1-3-31(28,29)15-5-7-20(30-21-6-4-14(23)11-19(21)24)18(12-15)17-10-13(2)26(27)22-16(17)8-9-25-22/h4-12,27H,3H2,1-2H3. The van der Waals surface area contributed by atoms with Crippen molar-refractivity contribution in [2.45, 2.75) is 18.7 Å². The molecule has 0 radical (unpaired) electrons. The van der Waals surface area contributed by atoms with Crippen LogP contribution in [0, 0.1) is 12.7 Å². The van der Waals surface area contributed by atoms with Crippen LogP contribution < -0.4 is 4.74 Å². The zero-order chi connectivity index (χ0) is 22.3. The molecule has 0 unspecified atom stereocenters. The molecular weight excluding hydrogens is 487 g/mol. The fourth-order valence-corrected chi connectivity index (χ4v) is 4.53. The Morgan fingerprint density at radius 1 is 1.06 bits per heavy atom. The van der Waals surface area contributed by atoms with Gasteiger partial charge in [0, 0.05) is 21.8 Å². The van der Waals surface area contributed by atoms with Gasteiger partial charge in [-0.15, -0.1) is 0 Å². The normalized spacial score (nSPS) is 11.7. The van der Waals surface area contributed by atoms with Gasteiger partial charge in [-0.2, -0.15) is 4.73 Å². The molecule has 160 valence electrons. The van der Waals surface area contributed by atoms with Gasteiger partial charge < -0.3 is 9.94 Å². The largest absolute Gasteiger partial charge is 0.454 e. The number of sulfone groups is 1. The third kappa shape index (κ3) is 3.90. The van der Waals surface area contributed by atoms with E-state index < -0.39 is 15.7 Å². The molecule has 0 spiro atoms. The zero-order valence-electron chi connectivity index (χ0n) is 16.6. The Balaban J connectivity index is 1.96. The predicted octanol–water partition coefficient (Wildman–Crippen LogP) is 5.69. The number of hydrogen-bond acceptors (Lipinski definition) is 5. The van der Waals surface area contributed by atoms with E-state index in [9.17, 15) is 18.0 Å². The van der Waals surface area contributed by atoms with Crippen molar-refractivity contribution in [3.63, 3.8) is 0 Å². The van der Waals surface area contributed by atoms with Crippen molar-refractivity contribution in [2.75, 3.05) is 5.75 Å². The fraction of sp³-hybridized carbons (Fsp3) is 0.136. The minimum absolute atomic E-state index is 0.00250. The van der Waals surface area contributed by atoms with Crippen LogP contribution in [0.2, 0.25) is 0 Å². The van der Waals surface area contributed by atoms with Crippen LogP contribution in [-0.2, 0) is 9.84 Å². The van der Waals surface area contributed by atoms with Gasteiger partial charge in [0.05, 0.1) is 16.3 Å². The van der Waals surface area contributed by atoms with E-state index in [-0.39, 0.29) is 22.1 Å². The van der Waals surface area contributed by atoms with Crippen molar-refractivity contribution in [1.29, 1.82) is 0 Å². The lowest BCUT2D eigenvalue weighted by Crippen LogP contribution is -2.07. The molecule has 2 aromatic carbocycles. The van der Waals surface area contributed by atoms with Crippen molar-refractivity contribution < 1.29 is 22.8 Å². The molecule has 0 bridgehead atoms. The summed E-state index contributed by atoms with van der Waals surface area (Å²) in [5, 5.41) is 10.3. The summed E-state index contributed by atoms with van der Waals surface area (Å²) in [7, 11) is -3.50. The van der Waals surface area contributed by atoms with Crippen LogP contribution in [0.25, 0.3) is 22.5 Å². The lowest BCUT2D eigenvalue weighted by atomic mass is 9.98. The number of ether oxygens (including phenoxy) is 1. The lowest BCUT2D eigenvalue weighted by Gasteiger charge is -2.18. The molecule has 2 aliphatic heterocycles. The summed E-state index contributed by atoms with van der Waals surface area (Å²) in [6.45, 7) is 3.26. The molecule has 31 heavy (non-hydrogen) atoms. The van der Waals surface area contributed by atoms with E-state index in [1.807, 2.05) is 0 Å². The van der Waals surface area contributed by atoms with Gasteiger partial charge in [0.15, 0.2) is 27.2 Å². The monoisotopic (exact) mass is 504 g/mol. The summed E-state index contributed by atoms with van der Waals surface area (Å²) in [6.07, 6.45) is 1.54. The number of halogens is 2. The lowest BCUT2D eigenvalue weighted by molar-refractivity contribution is 0.180. The third-order valence-corrected chi connectivity index (χ3v) is 7.18. The Bertz CT molecular complexity index is 1370. The van der Waals surface area contributed by atoms with E-state index in [0.29, 0.717) is 32.7 Å². The number of nitrogens with zero attached hydrogens (tertiary/aromatic N) is 2. The summed E-state index contributed by atoms with van der Waals surface area (Å²) >= 11 is 3.21. The molecule has 0 saturated heterocycles. The SMILES string of the molecule is CCS(=O)(=O)c1ccc(Oc2ccc(Br)cc2F)c(-c2cc(C)n(O)c3nccc2-3)c1. The van der Waals surface area contributed by atoms with Crippen LogP contribution >= 0.6 is 15.9 Å². The number of pyridine rings is 1. The molecule has 0 atom stereocenters. The number of aromatic nitrogens is 2. The number of fused-ring (bicyclic) bond motifs is 1. The number of hydrogen-bond donors (Lipinski definition) is 1. The molecule has 2 aromatic rings. The van der Waals surface area contributed by atoms with Crippen molar-refractivity contribution in [1.82, 2.24) is 9.71 Å². The van der Waals surface area contributed by atoms with Gasteiger partial charge in [-0.05, 0) is 61.0 Å². The molecule has 0 amide bonds. The average Bonchev–Trinajstić information content (AvgIpc) is 3.23. The molecule has 2 aliphatic rings. The maximum Gasteiger partial charge on any atom is 0.178 e. The van der Waals surface area contributed by atoms with Crippen LogP contribution in [-0.4, -0.2) is 29.1 Å². The zero-order valence-corrected chi connectivity index (χ0v) is 19.0. The van der Waals surface area contributed by atoms with Gasteiger partial charge in [0.25, 0.3) is 0 Å². The Hall–Kier alpha value is -2.91. The molecule has 2 heterocycles. The van der Waals surface area contributed by atoms with Crippen LogP contribution in [0.4, 0.5) is 4.39 Å². The van der Waals surface area contributed by atoms with E-state index in [2.05, 4.69) is 20.9 Å². The highest BCUT2D eigenvalue weighted by Gasteiger charge is 2.23. The minimum Gasteiger partial charge on any atom is -0.454 e. The van der Waals surface area contributed by atoms with E-state index in [1.165, 1.54) is 30.3 Å². The number of rotatable bonds is 5. The fourth-order valence-electron chi connectivity index (χ4n) is 3.29. The van der Waals surface area contributed by atoms with Crippen LogP contribution in [0.3, 0.4) is 0 Å². The van der Waals surface area contributed by atoms with Gasteiger partial charge in [-0.1, -0.05) is 22.9 Å². The van der Waals surface area contributed by atoms with E-state index in [0.717, 1.165) is 4.73 Å². The molecular formula is C22H18BrFN2O4S. The van der Waals surface area contributed by atoms with Crippen LogP contribution in [0.1, 0.15) is 12.6 Å². The van der Waals surface area contributed by atoms with E-state index >= 15 is 0 Å². The summed E-state index contributed by atoms with van der Waals surface area (Å²) in [5.41, 5.74) is 2.14. The van der Waals surface area contributed by atoms with Gasteiger partial charge in [-0.25, -0.2) is 17.8 Å². The Morgan fingerprint density at radius 2 is 1.81 bits per heavy atom. The number of benzene rings is 2. The minimum atomic E-state index is -3.50. The van der Waals surface area contributed by atoms with Gasteiger partial charge in [0.2, 0.25) is 0 Å². The van der Waals surface area contributed by atoms with E-state index in [1.54, 1.807) is 38.2 Å². The predicted molar refractivity (Wildman–Crippen MR) is 118 cm³/mol. The second-order valence-corrected chi connectivity index (χ2v) is 10.1. The van der Waals surface area contributed by atoms with Crippen LogP contribution in [0.15, 0.2) is 64.1 Å². The number of aryl methyl sites for hydroxylation is 1. The summed E-state index contributed by atoms with van der Waals surface area (Å²) < 4.78 is 46.8. The smallest absolute Gasteiger partial charge is 0.178 e. The van der Waals surface area contributed by atoms with Crippen molar-refractivity contribution >= 4 is 25.8 Å². The molecule has 9 heteroatoms. The highest BCUT2D eigenvalue weighted by atomic mass is 79.9. The highest BCUT2D eigenvalue weighted by Crippen LogP contribution is 2.42. The Morgan fingerprint density at radius 3 is 2.52 bits per heavy atom. The molecule has 0 fully saturated rings. The average molecular weight is 505 g/mol. The summed E-state index contributed by atoms with van der Waals surface area (Å²) in [5.74, 6) is -0.0416.